The first-order valence-electron chi connectivity index (χ1n) is 11.2. The predicted octanol–water partition coefficient (Wildman–Crippen LogP) is 3.60. The van der Waals surface area contributed by atoms with Crippen molar-refractivity contribution in [3.8, 4) is 6.01 Å². The Morgan fingerprint density at radius 2 is 2.00 bits per heavy atom. The van der Waals surface area contributed by atoms with Crippen LogP contribution in [0.5, 0.6) is 6.01 Å². The monoisotopic (exact) mass is 497 g/mol. The fourth-order valence-electron chi connectivity index (χ4n) is 4.89. The number of fused-ring (bicyclic) bond motifs is 1. The molecule has 2 aromatic rings. The number of carbonyl (C=O) groups excluding carboxylic acids is 1. The molecular formula is C22H26F3N5O5. The Hall–Kier alpha value is -3.35. The lowest BCUT2D eigenvalue weighted by Crippen LogP contribution is -2.57. The molecule has 1 aromatic heterocycles. The van der Waals surface area contributed by atoms with Gasteiger partial charge in [0.1, 0.15) is 18.4 Å². The Labute approximate surface area is 199 Å². The lowest BCUT2D eigenvalue weighted by atomic mass is 9.80. The van der Waals surface area contributed by atoms with E-state index in [0.29, 0.717) is 38.0 Å². The number of halogens is 3. The van der Waals surface area contributed by atoms with Crippen LogP contribution in [0.15, 0.2) is 30.5 Å². The second-order valence-electron chi connectivity index (χ2n) is 9.02. The van der Waals surface area contributed by atoms with Crippen molar-refractivity contribution in [2.24, 2.45) is 5.92 Å². The number of nitrogens with zero attached hydrogens (tertiary/aromatic N) is 4. The molecule has 2 aliphatic rings. The number of ether oxygens (including phenoxy) is 2. The van der Waals surface area contributed by atoms with E-state index in [9.17, 15) is 28.1 Å². The number of benzene rings is 1. The highest BCUT2D eigenvalue weighted by Gasteiger charge is 2.48. The maximum atomic E-state index is 12.7. The van der Waals surface area contributed by atoms with Gasteiger partial charge in [-0.3, -0.25) is 4.57 Å². The molecule has 2 atom stereocenters. The van der Waals surface area contributed by atoms with Gasteiger partial charge in [-0.05, 0) is 55.4 Å². The molecule has 0 aliphatic carbocycles. The number of likely N-dealkylation sites (N-methyl/N-ethyl adjacent to an activating group) is 1. The standard InChI is InChI=1S/C22H26F3N5O5/c1-21(13-29-11-17(30(32)33)27-19(29)35-21)18(26-2)15-7-9-28(10-8-15)20(31)34-12-14-3-5-16(6-4-14)22(23,24)25/h3-6,11,15,18,26H,7-10,12-13H2,1-2H3/t18?,21-/m0/s1. The minimum atomic E-state index is -4.41. The summed E-state index contributed by atoms with van der Waals surface area (Å²) in [6.45, 7) is 3.14. The molecule has 2 aliphatic heterocycles. The SMILES string of the molecule is CNC(C1CCN(C(=O)OCc2ccc(C(F)(F)F)cc2)CC1)[C@]1(C)Cn2cc([N+](=O)[O-])nc2O1. The summed E-state index contributed by atoms with van der Waals surface area (Å²) in [4.78, 5) is 28.4. The number of hydrogen-bond donors (Lipinski definition) is 1. The molecule has 1 amide bonds. The number of amides is 1. The van der Waals surface area contributed by atoms with Crippen LogP contribution in [0.4, 0.5) is 23.8 Å². The van der Waals surface area contributed by atoms with Gasteiger partial charge in [0.25, 0.3) is 0 Å². The number of nitrogens with one attached hydrogen (secondary N) is 1. The number of piperidine rings is 1. The number of alkyl halides is 3. The second-order valence-corrected chi connectivity index (χ2v) is 9.02. The minimum Gasteiger partial charge on any atom is -0.445 e. The van der Waals surface area contributed by atoms with Gasteiger partial charge in [0, 0.05) is 18.1 Å². The first-order valence-corrected chi connectivity index (χ1v) is 11.2. The summed E-state index contributed by atoms with van der Waals surface area (Å²) in [5.41, 5.74) is -0.946. The fraction of sp³-hybridized carbons (Fsp3) is 0.545. The molecule has 1 unspecified atom stereocenters. The minimum absolute atomic E-state index is 0.0893. The van der Waals surface area contributed by atoms with Crippen LogP contribution < -0.4 is 10.1 Å². The molecule has 0 radical (unpaired) electrons. The molecule has 35 heavy (non-hydrogen) atoms. The highest BCUT2D eigenvalue weighted by atomic mass is 19.4. The van der Waals surface area contributed by atoms with Crippen LogP contribution in [0.2, 0.25) is 0 Å². The third-order valence-corrected chi connectivity index (χ3v) is 6.60. The molecule has 13 heteroatoms. The van der Waals surface area contributed by atoms with E-state index in [1.165, 1.54) is 18.3 Å². The van der Waals surface area contributed by atoms with Crippen LogP contribution in [0, 0.1) is 16.0 Å². The van der Waals surface area contributed by atoms with Crippen LogP contribution in [0.3, 0.4) is 0 Å². The van der Waals surface area contributed by atoms with E-state index in [1.54, 1.807) is 9.47 Å². The summed E-state index contributed by atoms with van der Waals surface area (Å²) < 4.78 is 51.0. The van der Waals surface area contributed by atoms with Crippen LogP contribution in [0.1, 0.15) is 30.9 Å². The molecule has 4 rings (SSSR count). The zero-order valence-electron chi connectivity index (χ0n) is 19.2. The average molecular weight is 497 g/mol. The molecule has 3 heterocycles. The lowest BCUT2D eigenvalue weighted by Gasteiger charge is -2.41. The van der Waals surface area contributed by atoms with Crippen molar-refractivity contribution in [1.29, 1.82) is 0 Å². The van der Waals surface area contributed by atoms with E-state index < -0.39 is 28.4 Å². The van der Waals surface area contributed by atoms with E-state index in [0.717, 1.165) is 12.1 Å². The van der Waals surface area contributed by atoms with Gasteiger partial charge in [0.2, 0.25) is 0 Å². The van der Waals surface area contributed by atoms with E-state index in [1.807, 2.05) is 14.0 Å². The van der Waals surface area contributed by atoms with Gasteiger partial charge in [-0.15, -0.1) is 0 Å². The normalized spacial score (nSPS) is 21.3. The molecule has 10 nitrogen and oxygen atoms in total. The number of rotatable bonds is 6. The molecule has 1 aromatic carbocycles. The molecular weight excluding hydrogens is 471 g/mol. The van der Waals surface area contributed by atoms with Gasteiger partial charge in [0.05, 0.1) is 18.2 Å². The van der Waals surface area contributed by atoms with E-state index in [2.05, 4.69) is 10.3 Å². The summed E-state index contributed by atoms with van der Waals surface area (Å²) in [7, 11) is 1.83. The average Bonchev–Trinajstić information content (AvgIpc) is 3.34. The first-order chi connectivity index (χ1) is 16.5. The second kappa shape index (κ2) is 9.36. The Kier molecular flexibility index (Phi) is 6.62. The molecule has 190 valence electrons. The van der Waals surface area contributed by atoms with Gasteiger partial charge in [-0.25, -0.2) is 4.79 Å². The maximum Gasteiger partial charge on any atom is 0.416 e. The summed E-state index contributed by atoms with van der Waals surface area (Å²) in [5, 5.41) is 14.3. The highest BCUT2D eigenvalue weighted by Crippen LogP contribution is 2.37. The molecule has 0 spiro atoms. The third-order valence-electron chi connectivity index (χ3n) is 6.60. The first kappa shape index (κ1) is 24.8. The zero-order chi connectivity index (χ0) is 25.4. The van der Waals surface area contributed by atoms with Crippen LogP contribution in [-0.2, 0) is 24.1 Å². The Balaban J connectivity index is 1.29. The molecule has 0 bridgehead atoms. The van der Waals surface area contributed by atoms with Crippen molar-refractivity contribution in [2.75, 3.05) is 20.1 Å². The number of likely N-dealkylation sites (tertiary alicyclic amines) is 1. The van der Waals surface area contributed by atoms with Gasteiger partial charge in [-0.2, -0.15) is 13.2 Å². The van der Waals surface area contributed by atoms with Gasteiger partial charge in [-0.1, -0.05) is 12.1 Å². The Morgan fingerprint density at radius 1 is 1.34 bits per heavy atom. The van der Waals surface area contributed by atoms with Crippen molar-refractivity contribution < 1.29 is 32.4 Å². The van der Waals surface area contributed by atoms with Crippen molar-refractivity contribution in [2.45, 2.75) is 50.7 Å². The molecule has 1 fully saturated rings. The highest BCUT2D eigenvalue weighted by molar-refractivity contribution is 5.67. The van der Waals surface area contributed by atoms with Gasteiger partial charge < -0.3 is 29.8 Å². The molecule has 1 saturated heterocycles. The van der Waals surface area contributed by atoms with E-state index in [-0.39, 0.29) is 30.4 Å². The lowest BCUT2D eigenvalue weighted by molar-refractivity contribution is -0.389. The Bertz CT molecular complexity index is 1060. The Morgan fingerprint density at radius 3 is 2.54 bits per heavy atom. The van der Waals surface area contributed by atoms with Crippen molar-refractivity contribution in [3.63, 3.8) is 0 Å². The van der Waals surface area contributed by atoms with E-state index in [4.69, 9.17) is 9.47 Å². The van der Waals surface area contributed by atoms with Crippen molar-refractivity contribution in [3.05, 3.63) is 51.7 Å². The summed E-state index contributed by atoms with van der Waals surface area (Å²) >= 11 is 0. The van der Waals surface area contributed by atoms with Crippen LogP contribution >= 0.6 is 0 Å². The number of imidazole rings is 1. The van der Waals surface area contributed by atoms with Gasteiger partial charge in [0.15, 0.2) is 0 Å². The fourth-order valence-corrected chi connectivity index (χ4v) is 4.89. The summed E-state index contributed by atoms with van der Waals surface area (Å²) in [6, 6.07) is 4.63. The topological polar surface area (TPSA) is 112 Å². The number of nitro groups is 1. The van der Waals surface area contributed by atoms with Crippen molar-refractivity contribution >= 4 is 11.9 Å². The smallest absolute Gasteiger partial charge is 0.416 e. The van der Waals surface area contributed by atoms with Gasteiger partial charge >= 0.3 is 24.1 Å². The number of hydrogen-bond acceptors (Lipinski definition) is 7. The molecule has 1 N–H and O–H groups in total. The number of carbonyl (C=O) groups is 1. The largest absolute Gasteiger partial charge is 0.445 e. The third kappa shape index (κ3) is 5.19. The number of aromatic nitrogens is 2. The molecule has 0 saturated carbocycles. The summed E-state index contributed by atoms with van der Waals surface area (Å²) in [5.74, 6) is -0.0882. The zero-order valence-corrected chi connectivity index (χ0v) is 19.2. The van der Waals surface area contributed by atoms with Crippen LogP contribution in [0.25, 0.3) is 0 Å². The van der Waals surface area contributed by atoms with Crippen LogP contribution in [-0.4, -0.2) is 57.2 Å². The summed E-state index contributed by atoms with van der Waals surface area (Å²) in [6.07, 6.45) is -2.20. The quantitative estimate of drug-likeness (QED) is 0.479. The van der Waals surface area contributed by atoms with E-state index >= 15 is 0 Å². The maximum absolute atomic E-state index is 12.7. The van der Waals surface area contributed by atoms with Crippen molar-refractivity contribution in [1.82, 2.24) is 19.8 Å². The predicted molar refractivity (Wildman–Crippen MR) is 117 cm³/mol.